The third-order valence-corrected chi connectivity index (χ3v) is 6.34. The summed E-state index contributed by atoms with van der Waals surface area (Å²) >= 11 is 0. The van der Waals surface area contributed by atoms with Crippen LogP contribution in [0.15, 0.2) is 54.2 Å². The van der Waals surface area contributed by atoms with Gasteiger partial charge in [-0.3, -0.25) is 9.78 Å². The summed E-state index contributed by atoms with van der Waals surface area (Å²) in [5.74, 6) is 1.52. The topological polar surface area (TPSA) is 60.5 Å². The number of ketones is 1. The molecule has 1 unspecified atom stereocenters. The molecule has 5 heteroatoms. The number of fused-ring (bicyclic) bond motifs is 4. The predicted octanol–water partition coefficient (Wildman–Crippen LogP) is 5.56. The van der Waals surface area contributed by atoms with Crippen LogP contribution in [0.2, 0.25) is 0 Å². The Bertz CT molecular complexity index is 1240. The molecule has 2 heterocycles. The molecule has 3 aromatic rings. The smallest absolute Gasteiger partial charge is 0.162 e. The van der Waals surface area contributed by atoms with Crippen molar-refractivity contribution in [1.82, 2.24) is 4.98 Å². The largest absolute Gasteiger partial charge is 0.493 e. The van der Waals surface area contributed by atoms with Gasteiger partial charge in [-0.05, 0) is 53.3 Å². The third-order valence-electron chi connectivity index (χ3n) is 6.34. The molecule has 1 aliphatic carbocycles. The van der Waals surface area contributed by atoms with Gasteiger partial charge < -0.3 is 14.8 Å². The average molecular weight is 415 g/mol. The van der Waals surface area contributed by atoms with Gasteiger partial charge in [-0.15, -0.1) is 0 Å². The first-order chi connectivity index (χ1) is 14.9. The molecule has 0 radical (unpaired) electrons. The van der Waals surface area contributed by atoms with E-state index in [1.54, 1.807) is 14.2 Å². The van der Waals surface area contributed by atoms with Gasteiger partial charge in [0.05, 0.1) is 25.8 Å². The van der Waals surface area contributed by atoms with E-state index in [4.69, 9.17) is 9.47 Å². The molecule has 5 rings (SSSR count). The maximum atomic E-state index is 13.5. The number of methoxy groups -OCH3 is 2. The van der Waals surface area contributed by atoms with E-state index in [0.717, 1.165) is 45.3 Å². The summed E-state index contributed by atoms with van der Waals surface area (Å²) in [6.45, 7) is 4.34. The Morgan fingerprint density at radius 3 is 2.61 bits per heavy atom. The summed E-state index contributed by atoms with van der Waals surface area (Å²) in [7, 11) is 3.25. The van der Waals surface area contributed by atoms with Crippen LogP contribution in [0.3, 0.4) is 0 Å². The van der Waals surface area contributed by atoms with E-state index >= 15 is 0 Å². The van der Waals surface area contributed by atoms with Crippen LogP contribution >= 0.6 is 0 Å². The van der Waals surface area contributed by atoms with Crippen LogP contribution in [0, 0.1) is 5.41 Å². The molecular formula is C26H26N2O3. The molecule has 1 atom stereocenters. The summed E-state index contributed by atoms with van der Waals surface area (Å²) in [6, 6.07) is 13.8. The van der Waals surface area contributed by atoms with Gasteiger partial charge in [-0.25, -0.2) is 0 Å². The quantitative estimate of drug-likeness (QED) is 0.608. The zero-order valence-corrected chi connectivity index (χ0v) is 18.3. The number of hydrogen-bond acceptors (Lipinski definition) is 5. The van der Waals surface area contributed by atoms with Gasteiger partial charge in [0.1, 0.15) is 0 Å². The second-order valence-corrected chi connectivity index (χ2v) is 9.08. The van der Waals surface area contributed by atoms with Crippen molar-refractivity contribution in [2.24, 2.45) is 5.41 Å². The number of anilines is 1. The maximum absolute atomic E-state index is 13.5. The van der Waals surface area contributed by atoms with Crippen LogP contribution in [-0.2, 0) is 4.79 Å². The summed E-state index contributed by atoms with van der Waals surface area (Å²) in [5, 5.41) is 4.73. The van der Waals surface area contributed by atoms with E-state index in [0.29, 0.717) is 17.9 Å². The standard InChI is InChI=1S/C26H26N2O3/c1-26(2)13-17-23-16-6-5-11-27-18(16)8-9-19(23)28-25(24(17)20(29)14-26)15-7-10-21(30-3)22(12-15)31-4/h5-12,25,28H,13-14H2,1-4H3. The van der Waals surface area contributed by atoms with Crippen LogP contribution in [0.25, 0.3) is 16.5 Å². The van der Waals surface area contributed by atoms with Gasteiger partial charge in [-0.1, -0.05) is 26.0 Å². The van der Waals surface area contributed by atoms with Crippen LogP contribution in [0.1, 0.15) is 43.9 Å². The number of pyridine rings is 1. The number of benzene rings is 2. The number of ether oxygens (including phenoxy) is 2. The molecule has 0 bridgehead atoms. The molecule has 0 saturated carbocycles. The van der Waals surface area contributed by atoms with Gasteiger partial charge in [0.2, 0.25) is 0 Å². The number of hydrogen-bond donors (Lipinski definition) is 1. The van der Waals surface area contributed by atoms with E-state index in [-0.39, 0.29) is 17.2 Å². The lowest BCUT2D eigenvalue weighted by molar-refractivity contribution is -0.118. The van der Waals surface area contributed by atoms with Gasteiger partial charge in [0.15, 0.2) is 17.3 Å². The first kappa shape index (κ1) is 19.6. The Hall–Kier alpha value is -3.34. The number of carbonyl (C=O) groups is 1. The van der Waals surface area contributed by atoms with Crippen LogP contribution in [-0.4, -0.2) is 25.0 Å². The number of allylic oxidation sites excluding steroid dienone is 1. The van der Waals surface area contributed by atoms with Crippen molar-refractivity contribution in [2.45, 2.75) is 32.7 Å². The molecule has 1 aliphatic heterocycles. The highest BCUT2D eigenvalue weighted by Gasteiger charge is 2.41. The molecule has 158 valence electrons. The highest BCUT2D eigenvalue weighted by molar-refractivity contribution is 6.12. The molecule has 0 amide bonds. The minimum atomic E-state index is -0.236. The van der Waals surface area contributed by atoms with Crippen LogP contribution in [0.5, 0.6) is 11.5 Å². The molecule has 2 aliphatic rings. The maximum Gasteiger partial charge on any atom is 0.162 e. The summed E-state index contributed by atoms with van der Waals surface area (Å²) in [6.07, 6.45) is 3.19. The van der Waals surface area contributed by atoms with Gasteiger partial charge >= 0.3 is 0 Å². The van der Waals surface area contributed by atoms with Gasteiger partial charge in [0.25, 0.3) is 0 Å². The highest BCUT2D eigenvalue weighted by atomic mass is 16.5. The fourth-order valence-electron chi connectivity index (χ4n) is 5.00. The van der Waals surface area contributed by atoms with Gasteiger partial charge in [0, 0.05) is 34.8 Å². The van der Waals surface area contributed by atoms with Crippen molar-refractivity contribution >= 4 is 27.9 Å². The zero-order chi connectivity index (χ0) is 21.8. The first-order valence-electron chi connectivity index (χ1n) is 10.5. The molecule has 1 aromatic heterocycles. The Morgan fingerprint density at radius 1 is 1.03 bits per heavy atom. The SMILES string of the molecule is COc1ccc(C2Nc3ccc4ncccc4c3C3=C2C(=O)CC(C)(C)C3)cc1OC. The fraction of sp³-hybridized carbons (Fsp3) is 0.308. The Kier molecular flexibility index (Phi) is 4.50. The number of nitrogens with one attached hydrogen (secondary N) is 1. The lowest BCUT2D eigenvalue weighted by Crippen LogP contribution is -2.33. The molecule has 31 heavy (non-hydrogen) atoms. The van der Waals surface area contributed by atoms with E-state index in [1.807, 2.05) is 36.5 Å². The Balaban J connectivity index is 1.76. The van der Waals surface area contributed by atoms with Crippen molar-refractivity contribution in [3.63, 3.8) is 0 Å². The van der Waals surface area contributed by atoms with Crippen molar-refractivity contribution in [3.8, 4) is 11.5 Å². The van der Waals surface area contributed by atoms with Crippen LogP contribution in [0.4, 0.5) is 5.69 Å². The van der Waals surface area contributed by atoms with E-state index in [2.05, 4.69) is 36.3 Å². The van der Waals surface area contributed by atoms with Crippen molar-refractivity contribution < 1.29 is 14.3 Å². The molecule has 0 saturated heterocycles. The lowest BCUT2D eigenvalue weighted by atomic mass is 9.68. The number of rotatable bonds is 3. The fourth-order valence-corrected chi connectivity index (χ4v) is 5.00. The second kappa shape index (κ2) is 7.12. The molecule has 5 nitrogen and oxygen atoms in total. The lowest BCUT2D eigenvalue weighted by Gasteiger charge is -2.40. The van der Waals surface area contributed by atoms with Crippen molar-refractivity contribution in [1.29, 1.82) is 0 Å². The normalized spacial score (nSPS) is 19.5. The number of nitrogens with zero attached hydrogens (tertiary/aromatic N) is 1. The van der Waals surface area contributed by atoms with E-state index < -0.39 is 0 Å². The summed E-state index contributed by atoms with van der Waals surface area (Å²) < 4.78 is 10.9. The van der Waals surface area contributed by atoms with E-state index in [9.17, 15) is 4.79 Å². The minimum absolute atomic E-state index is 0.0863. The summed E-state index contributed by atoms with van der Waals surface area (Å²) in [4.78, 5) is 18.0. The molecule has 0 fully saturated rings. The minimum Gasteiger partial charge on any atom is -0.493 e. The monoisotopic (exact) mass is 414 g/mol. The van der Waals surface area contributed by atoms with Crippen molar-refractivity contribution in [2.75, 3.05) is 19.5 Å². The third kappa shape index (κ3) is 3.16. The Labute approximate surface area is 182 Å². The Morgan fingerprint density at radius 2 is 1.84 bits per heavy atom. The predicted molar refractivity (Wildman–Crippen MR) is 123 cm³/mol. The average Bonchev–Trinajstić information content (AvgIpc) is 2.76. The van der Waals surface area contributed by atoms with Crippen LogP contribution < -0.4 is 14.8 Å². The number of carbonyl (C=O) groups excluding carboxylic acids is 1. The van der Waals surface area contributed by atoms with Gasteiger partial charge in [-0.2, -0.15) is 0 Å². The highest BCUT2D eigenvalue weighted by Crippen LogP contribution is 2.52. The van der Waals surface area contributed by atoms with Crippen molar-refractivity contribution in [3.05, 3.63) is 65.4 Å². The molecular weight excluding hydrogens is 388 g/mol. The second-order valence-electron chi connectivity index (χ2n) is 9.08. The first-order valence-corrected chi connectivity index (χ1v) is 10.5. The summed E-state index contributed by atoms with van der Waals surface area (Å²) in [5.41, 5.74) is 5.97. The van der Waals surface area contributed by atoms with E-state index in [1.165, 1.54) is 0 Å². The molecule has 1 N–H and O–H groups in total. The molecule has 2 aromatic carbocycles. The molecule has 0 spiro atoms. The zero-order valence-electron chi connectivity index (χ0n) is 18.3. The number of Topliss-reactive ketones (excluding diaryl/α,β-unsaturated/α-hetero) is 1. The number of aromatic nitrogens is 1.